The van der Waals surface area contributed by atoms with E-state index in [-0.39, 0.29) is 24.3 Å². The van der Waals surface area contributed by atoms with Gasteiger partial charge in [-0.3, -0.25) is 14.4 Å². The van der Waals surface area contributed by atoms with Gasteiger partial charge in [0, 0.05) is 25.9 Å². The van der Waals surface area contributed by atoms with Crippen molar-refractivity contribution in [1.82, 2.24) is 16.0 Å². The zero-order valence-corrected chi connectivity index (χ0v) is 14.9. The average Bonchev–Trinajstić information content (AvgIpc) is 2.57. The fourth-order valence-electron chi connectivity index (χ4n) is 2.24. The highest BCUT2D eigenvalue weighted by Gasteiger charge is 2.21. The Morgan fingerprint density at radius 1 is 1.04 bits per heavy atom. The third kappa shape index (κ3) is 8.85. The molecule has 1 rings (SSSR count). The molecule has 3 amide bonds. The number of carbonyl (C=O) groups excluding carboxylic acids is 3. The summed E-state index contributed by atoms with van der Waals surface area (Å²) < 4.78 is 0. The summed E-state index contributed by atoms with van der Waals surface area (Å²) in [6.07, 6.45) is 0.723. The molecule has 0 aliphatic rings. The summed E-state index contributed by atoms with van der Waals surface area (Å²) in [6, 6.07) is 8.69. The predicted octanol–water partition coefficient (Wildman–Crippen LogP) is -0.0489. The second-order valence-corrected chi connectivity index (χ2v) is 6.26. The molecule has 0 heterocycles. The second kappa shape index (κ2) is 11.2. The van der Waals surface area contributed by atoms with Gasteiger partial charge in [0.15, 0.2) is 0 Å². The van der Waals surface area contributed by atoms with Gasteiger partial charge in [-0.2, -0.15) is 0 Å². The van der Waals surface area contributed by atoms with Gasteiger partial charge in [0.2, 0.25) is 17.7 Å². The minimum absolute atomic E-state index is 0.152. The third-order valence-electron chi connectivity index (χ3n) is 3.42. The van der Waals surface area contributed by atoms with Crippen LogP contribution in [0.15, 0.2) is 30.3 Å². The highest BCUT2D eigenvalue weighted by molar-refractivity contribution is 5.90. The van der Waals surface area contributed by atoms with Crippen LogP contribution in [0.5, 0.6) is 0 Å². The van der Waals surface area contributed by atoms with E-state index in [4.69, 9.17) is 5.73 Å². The van der Waals surface area contributed by atoms with E-state index >= 15 is 0 Å². The number of hydrogen-bond acceptors (Lipinski definition) is 4. The number of hydrogen-bond donors (Lipinski definition) is 4. The van der Waals surface area contributed by atoms with Crippen molar-refractivity contribution in [2.24, 2.45) is 11.7 Å². The maximum Gasteiger partial charge on any atom is 0.242 e. The van der Waals surface area contributed by atoms with E-state index in [9.17, 15) is 14.4 Å². The number of carbonyl (C=O) groups is 3. The lowest BCUT2D eigenvalue weighted by atomic mass is 10.1. The monoisotopic (exact) mass is 348 g/mol. The Kier molecular flexibility index (Phi) is 9.24. The lowest BCUT2D eigenvalue weighted by Crippen LogP contribution is -2.51. The van der Waals surface area contributed by atoms with Crippen LogP contribution in [0.4, 0.5) is 0 Å². The first-order chi connectivity index (χ1) is 11.9. The molecule has 0 saturated heterocycles. The van der Waals surface area contributed by atoms with Gasteiger partial charge >= 0.3 is 0 Å². The molecule has 0 radical (unpaired) electrons. The van der Waals surface area contributed by atoms with E-state index in [1.165, 1.54) is 0 Å². The van der Waals surface area contributed by atoms with E-state index < -0.39 is 11.9 Å². The molecular formula is C18H28N4O3. The molecule has 5 N–H and O–H groups in total. The molecule has 0 aromatic heterocycles. The van der Waals surface area contributed by atoms with Gasteiger partial charge in [0.25, 0.3) is 0 Å². The van der Waals surface area contributed by atoms with Crippen molar-refractivity contribution in [2.45, 2.75) is 32.7 Å². The molecule has 7 nitrogen and oxygen atoms in total. The standard InChI is InChI=1S/C18H28N4O3/c1-13(2)10-16(23)21-12-17(24)22-15(18(25)20-9-8-19)11-14-6-4-3-5-7-14/h3-7,13,15H,8-12,19H2,1-2H3,(H,20,25)(H,21,23)(H,22,24). The van der Waals surface area contributed by atoms with Crippen molar-refractivity contribution in [2.75, 3.05) is 19.6 Å². The van der Waals surface area contributed by atoms with Gasteiger partial charge in [-0.15, -0.1) is 0 Å². The smallest absolute Gasteiger partial charge is 0.242 e. The third-order valence-corrected chi connectivity index (χ3v) is 3.42. The molecule has 0 spiro atoms. The van der Waals surface area contributed by atoms with Crippen molar-refractivity contribution >= 4 is 17.7 Å². The van der Waals surface area contributed by atoms with Crippen LogP contribution in [-0.4, -0.2) is 43.4 Å². The van der Waals surface area contributed by atoms with Gasteiger partial charge in [0.1, 0.15) is 6.04 Å². The summed E-state index contributed by atoms with van der Waals surface area (Å²) in [5.74, 6) is -0.662. The van der Waals surface area contributed by atoms with Crippen LogP contribution in [-0.2, 0) is 20.8 Å². The Balaban J connectivity index is 2.61. The van der Waals surface area contributed by atoms with Crippen LogP contribution >= 0.6 is 0 Å². The molecule has 1 atom stereocenters. The highest BCUT2D eigenvalue weighted by atomic mass is 16.2. The number of nitrogens with one attached hydrogen (secondary N) is 3. The van der Waals surface area contributed by atoms with Crippen molar-refractivity contribution in [1.29, 1.82) is 0 Å². The molecule has 1 aromatic carbocycles. The first kappa shape index (κ1) is 20.6. The Hall–Kier alpha value is -2.41. The van der Waals surface area contributed by atoms with Crippen LogP contribution in [0.3, 0.4) is 0 Å². The highest BCUT2D eigenvalue weighted by Crippen LogP contribution is 2.03. The van der Waals surface area contributed by atoms with Crippen LogP contribution < -0.4 is 21.7 Å². The molecule has 0 fully saturated rings. The van der Waals surface area contributed by atoms with Gasteiger partial charge in [0.05, 0.1) is 6.54 Å². The number of rotatable bonds is 10. The van der Waals surface area contributed by atoms with Crippen LogP contribution in [0.1, 0.15) is 25.8 Å². The van der Waals surface area contributed by atoms with Gasteiger partial charge < -0.3 is 21.7 Å². The van der Waals surface area contributed by atoms with Gasteiger partial charge in [-0.25, -0.2) is 0 Å². The molecule has 25 heavy (non-hydrogen) atoms. The number of benzene rings is 1. The first-order valence-corrected chi connectivity index (χ1v) is 8.50. The summed E-state index contributed by atoms with van der Waals surface area (Å²) >= 11 is 0. The fraction of sp³-hybridized carbons (Fsp3) is 0.500. The zero-order valence-electron chi connectivity index (χ0n) is 14.9. The average molecular weight is 348 g/mol. The summed E-state index contributed by atoms with van der Waals surface area (Å²) in [5, 5.41) is 7.92. The van der Waals surface area contributed by atoms with Crippen molar-refractivity contribution in [3.05, 3.63) is 35.9 Å². The van der Waals surface area contributed by atoms with E-state index in [1.807, 2.05) is 44.2 Å². The molecule has 1 unspecified atom stereocenters. The predicted molar refractivity (Wildman–Crippen MR) is 96.6 cm³/mol. The molecular weight excluding hydrogens is 320 g/mol. The molecule has 0 saturated carbocycles. The molecule has 0 aliphatic carbocycles. The van der Waals surface area contributed by atoms with Crippen molar-refractivity contribution in [3.8, 4) is 0 Å². The maximum atomic E-state index is 12.3. The van der Waals surface area contributed by atoms with E-state index in [2.05, 4.69) is 16.0 Å². The Morgan fingerprint density at radius 3 is 2.32 bits per heavy atom. The van der Waals surface area contributed by atoms with E-state index in [0.717, 1.165) is 5.56 Å². The fourth-order valence-corrected chi connectivity index (χ4v) is 2.24. The SMILES string of the molecule is CC(C)CC(=O)NCC(=O)NC(Cc1ccccc1)C(=O)NCCN. The first-order valence-electron chi connectivity index (χ1n) is 8.50. The Morgan fingerprint density at radius 2 is 1.72 bits per heavy atom. The summed E-state index contributed by atoms with van der Waals surface area (Å²) in [4.78, 5) is 36.0. The minimum atomic E-state index is -0.719. The van der Waals surface area contributed by atoms with Crippen LogP contribution in [0.2, 0.25) is 0 Å². The van der Waals surface area contributed by atoms with Crippen molar-refractivity contribution in [3.63, 3.8) is 0 Å². The maximum absolute atomic E-state index is 12.3. The lowest BCUT2D eigenvalue weighted by Gasteiger charge is -2.19. The minimum Gasteiger partial charge on any atom is -0.353 e. The summed E-state index contributed by atoms with van der Waals surface area (Å²) in [7, 11) is 0. The Labute approximate surface area is 148 Å². The quantitative estimate of drug-likeness (QED) is 0.475. The molecule has 138 valence electrons. The largest absolute Gasteiger partial charge is 0.353 e. The number of nitrogens with two attached hydrogens (primary N) is 1. The van der Waals surface area contributed by atoms with Crippen LogP contribution in [0, 0.1) is 5.92 Å². The zero-order chi connectivity index (χ0) is 18.7. The molecule has 0 aliphatic heterocycles. The molecule has 0 bridgehead atoms. The topological polar surface area (TPSA) is 113 Å². The second-order valence-electron chi connectivity index (χ2n) is 6.26. The lowest BCUT2D eigenvalue weighted by molar-refractivity contribution is -0.129. The van der Waals surface area contributed by atoms with Gasteiger partial charge in [-0.05, 0) is 11.5 Å². The summed E-state index contributed by atoms with van der Waals surface area (Å²) in [5.41, 5.74) is 6.33. The van der Waals surface area contributed by atoms with E-state index in [0.29, 0.717) is 25.9 Å². The van der Waals surface area contributed by atoms with Crippen LogP contribution in [0.25, 0.3) is 0 Å². The summed E-state index contributed by atoms with van der Waals surface area (Å²) in [6.45, 7) is 4.36. The molecule has 1 aromatic rings. The number of amides is 3. The van der Waals surface area contributed by atoms with E-state index in [1.54, 1.807) is 0 Å². The normalized spacial score (nSPS) is 11.7. The van der Waals surface area contributed by atoms with Gasteiger partial charge in [-0.1, -0.05) is 44.2 Å². The Bertz CT molecular complexity index is 561. The molecule has 7 heteroatoms. The van der Waals surface area contributed by atoms with Crippen molar-refractivity contribution < 1.29 is 14.4 Å².